The van der Waals surface area contributed by atoms with Gasteiger partial charge in [-0.2, -0.15) is 0 Å². The van der Waals surface area contributed by atoms with Crippen LogP contribution in [-0.2, 0) is 9.53 Å². The molecule has 4 nitrogen and oxygen atoms in total. The number of rotatable bonds is 3. The van der Waals surface area contributed by atoms with Crippen LogP contribution in [0.1, 0.15) is 27.7 Å². The molecule has 0 bridgehead atoms. The molecule has 0 radical (unpaired) electrons. The Balaban J connectivity index is 1.79. The van der Waals surface area contributed by atoms with Crippen molar-refractivity contribution in [2.24, 2.45) is 16.7 Å². The highest BCUT2D eigenvalue weighted by Gasteiger charge is 2.68. The summed E-state index contributed by atoms with van der Waals surface area (Å²) in [5, 5.41) is 6.38. The monoisotopic (exact) mass is 240 g/mol. The molecule has 1 heterocycles. The van der Waals surface area contributed by atoms with Crippen LogP contribution in [0, 0.1) is 16.7 Å². The molecule has 2 rings (SSSR count). The molecule has 2 fully saturated rings. The predicted molar refractivity (Wildman–Crippen MR) is 66.7 cm³/mol. The molecule has 4 heteroatoms. The number of hydrogen-bond acceptors (Lipinski definition) is 3. The van der Waals surface area contributed by atoms with Gasteiger partial charge in [-0.3, -0.25) is 4.79 Å². The van der Waals surface area contributed by atoms with E-state index >= 15 is 0 Å². The Labute approximate surface area is 103 Å². The maximum absolute atomic E-state index is 12.1. The summed E-state index contributed by atoms with van der Waals surface area (Å²) < 4.78 is 5.36. The zero-order valence-corrected chi connectivity index (χ0v) is 11.3. The van der Waals surface area contributed by atoms with E-state index in [-0.39, 0.29) is 28.7 Å². The Kier molecular flexibility index (Phi) is 3.21. The van der Waals surface area contributed by atoms with Gasteiger partial charge >= 0.3 is 0 Å². The summed E-state index contributed by atoms with van der Waals surface area (Å²) in [4.78, 5) is 12.1. The fourth-order valence-electron chi connectivity index (χ4n) is 2.93. The minimum absolute atomic E-state index is 0.119. The SMILES string of the molecule is CC1(C)C(C(=O)NCC2COCCN2)C1(C)C. The fraction of sp³-hybridized carbons (Fsp3) is 0.923. The van der Waals surface area contributed by atoms with Gasteiger partial charge in [0, 0.05) is 25.0 Å². The predicted octanol–water partition coefficient (Wildman–Crippen LogP) is 0.773. The normalized spacial score (nSPS) is 30.9. The average molecular weight is 240 g/mol. The van der Waals surface area contributed by atoms with Crippen molar-refractivity contribution in [1.29, 1.82) is 0 Å². The number of carbonyl (C=O) groups excluding carboxylic acids is 1. The van der Waals surface area contributed by atoms with Gasteiger partial charge in [-0.05, 0) is 10.8 Å². The van der Waals surface area contributed by atoms with Crippen molar-refractivity contribution in [2.45, 2.75) is 33.7 Å². The van der Waals surface area contributed by atoms with E-state index in [1.807, 2.05) is 0 Å². The molecule has 1 aliphatic carbocycles. The molecule has 1 saturated carbocycles. The van der Waals surface area contributed by atoms with Crippen molar-refractivity contribution >= 4 is 5.91 Å². The number of amides is 1. The van der Waals surface area contributed by atoms with E-state index < -0.39 is 0 Å². The first-order chi connectivity index (χ1) is 7.87. The Bertz CT molecular complexity index is 293. The zero-order chi connectivity index (χ0) is 12.7. The Morgan fingerprint density at radius 1 is 1.35 bits per heavy atom. The van der Waals surface area contributed by atoms with Crippen LogP contribution in [0.5, 0.6) is 0 Å². The standard InChI is InChI=1S/C13H24N2O2/c1-12(2)10(13(12,3)4)11(16)15-7-9-8-17-6-5-14-9/h9-10,14H,5-8H2,1-4H3,(H,15,16). The largest absolute Gasteiger partial charge is 0.378 e. The second-order valence-electron chi connectivity index (χ2n) is 6.35. The highest BCUT2D eigenvalue weighted by atomic mass is 16.5. The molecule has 1 atom stereocenters. The van der Waals surface area contributed by atoms with Crippen LogP contribution >= 0.6 is 0 Å². The molecule has 2 N–H and O–H groups in total. The zero-order valence-electron chi connectivity index (χ0n) is 11.3. The Morgan fingerprint density at radius 2 is 2.00 bits per heavy atom. The first kappa shape index (κ1) is 12.8. The van der Waals surface area contributed by atoms with Gasteiger partial charge in [-0.25, -0.2) is 0 Å². The second-order valence-corrected chi connectivity index (χ2v) is 6.35. The van der Waals surface area contributed by atoms with Crippen molar-refractivity contribution in [2.75, 3.05) is 26.3 Å². The lowest BCUT2D eigenvalue weighted by atomic mass is 10.0. The van der Waals surface area contributed by atoms with Crippen molar-refractivity contribution in [1.82, 2.24) is 10.6 Å². The quantitative estimate of drug-likeness (QED) is 0.766. The first-order valence-electron chi connectivity index (χ1n) is 6.46. The number of carbonyl (C=O) groups is 1. The summed E-state index contributed by atoms with van der Waals surface area (Å²) in [5.74, 6) is 0.326. The third-order valence-corrected chi connectivity index (χ3v) is 4.80. The highest BCUT2D eigenvalue weighted by molar-refractivity contribution is 5.84. The van der Waals surface area contributed by atoms with Crippen molar-refractivity contribution in [3.63, 3.8) is 0 Å². The maximum atomic E-state index is 12.1. The van der Waals surface area contributed by atoms with Gasteiger partial charge in [0.25, 0.3) is 0 Å². The summed E-state index contributed by atoms with van der Waals surface area (Å²) in [7, 11) is 0. The van der Waals surface area contributed by atoms with Gasteiger partial charge in [0.05, 0.1) is 13.2 Å². The van der Waals surface area contributed by atoms with Gasteiger partial charge in [0.2, 0.25) is 5.91 Å². The van der Waals surface area contributed by atoms with E-state index in [1.54, 1.807) is 0 Å². The van der Waals surface area contributed by atoms with Crippen LogP contribution in [0.15, 0.2) is 0 Å². The fourth-order valence-corrected chi connectivity index (χ4v) is 2.93. The van der Waals surface area contributed by atoms with Crippen LogP contribution in [0.2, 0.25) is 0 Å². The number of hydrogen-bond donors (Lipinski definition) is 2. The van der Waals surface area contributed by atoms with Gasteiger partial charge in [-0.1, -0.05) is 27.7 Å². The minimum Gasteiger partial charge on any atom is -0.378 e. The summed E-state index contributed by atoms with van der Waals surface area (Å²) in [6, 6.07) is 0.262. The third-order valence-electron chi connectivity index (χ3n) is 4.80. The van der Waals surface area contributed by atoms with Gasteiger partial charge < -0.3 is 15.4 Å². The first-order valence-corrected chi connectivity index (χ1v) is 6.46. The van der Waals surface area contributed by atoms with Crippen molar-refractivity contribution in [3.8, 4) is 0 Å². The average Bonchev–Trinajstić information content (AvgIpc) is 2.68. The van der Waals surface area contributed by atoms with E-state index in [0.29, 0.717) is 13.2 Å². The summed E-state index contributed by atoms with van der Waals surface area (Å²) in [6.07, 6.45) is 0. The maximum Gasteiger partial charge on any atom is 0.224 e. The van der Waals surface area contributed by atoms with E-state index in [2.05, 4.69) is 38.3 Å². The second kappa shape index (κ2) is 4.25. The highest BCUT2D eigenvalue weighted by Crippen LogP contribution is 2.68. The number of ether oxygens (including phenoxy) is 1. The van der Waals surface area contributed by atoms with Crippen LogP contribution in [-0.4, -0.2) is 38.3 Å². The lowest BCUT2D eigenvalue weighted by Crippen LogP contribution is -2.48. The summed E-state index contributed by atoms with van der Waals surface area (Å²) in [5.41, 5.74) is 0.237. The van der Waals surface area contributed by atoms with Crippen molar-refractivity contribution < 1.29 is 9.53 Å². The lowest BCUT2D eigenvalue weighted by Gasteiger charge is -2.24. The molecule has 0 aromatic carbocycles. The van der Waals surface area contributed by atoms with Crippen LogP contribution in [0.4, 0.5) is 0 Å². The number of nitrogens with one attached hydrogen (secondary N) is 2. The Morgan fingerprint density at radius 3 is 2.47 bits per heavy atom. The molecule has 0 aromatic rings. The van der Waals surface area contributed by atoms with E-state index in [1.165, 1.54) is 0 Å². The molecule has 1 unspecified atom stereocenters. The molecular weight excluding hydrogens is 216 g/mol. The number of morpholine rings is 1. The third kappa shape index (κ3) is 2.20. The topological polar surface area (TPSA) is 50.4 Å². The van der Waals surface area contributed by atoms with E-state index in [4.69, 9.17) is 4.74 Å². The molecule has 2 aliphatic rings. The molecule has 0 spiro atoms. The van der Waals surface area contributed by atoms with Gasteiger partial charge in [0.1, 0.15) is 0 Å². The minimum atomic E-state index is 0.119. The van der Waals surface area contributed by atoms with Gasteiger partial charge in [0.15, 0.2) is 0 Å². The lowest BCUT2D eigenvalue weighted by molar-refractivity contribution is -0.123. The van der Waals surface area contributed by atoms with Crippen LogP contribution in [0.3, 0.4) is 0 Å². The van der Waals surface area contributed by atoms with E-state index in [0.717, 1.165) is 13.2 Å². The smallest absolute Gasteiger partial charge is 0.224 e. The molecule has 98 valence electrons. The van der Waals surface area contributed by atoms with Gasteiger partial charge in [-0.15, -0.1) is 0 Å². The molecular formula is C13H24N2O2. The van der Waals surface area contributed by atoms with Crippen LogP contribution in [0.25, 0.3) is 0 Å². The van der Waals surface area contributed by atoms with Crippen molar-refractivity contribution in [3.05, 3.63) is 0 Å². The van der Waals surface area contributed by atoms with E-state index in [9.17, 15) is 4.79 Å². The molecule has 1 saturated heterocycles. The molecule has 17 heavy (non-hydrogen) atoms. The summed E-state index contributed by atoms with van der Waals surface area (Å²) >= 11 is 0. The Hall–Kier alpha value is -0.610. The summed E-state index contributed by atoms with van der Waals surface area (Å²) in [6.45, 7) is 11.7. The molecule has 1 amide bonds. The van der Waals surface area contributed by atoms with Crippen LogP contribution < -0.4 is 10.6 Å². The molecule has 0 aromatic heterocycles. The molecule has 1 aliphatic heterocycles.